The molecule has 1 amide bonds. The molecule has 0 bridgehead atoms. The topological polar surface area (TPSA) is 125 Å². The van der Waals surface area contributed by atoms with Crippen molar-refractivity contribution in [1.82, 2.24) is 5.32 Å². The van der Waals surface area contributed by atoms with Crippen molar-refractivity contribution < 1.29 is 28.8 Å². The van der Waals surface area contributed by atoms with Crippen molar-refractivity contribution in [2.45, 2.75) is 26.8 Å². The Bertz CT molecular complexity index is 639. The van der Waals surface area contributed by atoms with Gasteiger partial charge < -0.3 is 14.8 Å². The fraction of sp³-hybridized carbons (Fsp3) is 0.400. The number of carbonyl (C=O) groups excluding carboxylic acids is 3. The molecule has 1 rings (SSSR count). The summed E-state index contributed by atoms with van der Waals surface area (Å²) >= 11 is 0. The molecule has 0 unspecified atom stereocenters. The van der Waals surface area contributed by atoms with Crippen LogP contribution in [0.5, 0.6) is 0 Å². The Balaban J connectivity index is 3.01. The van der Waals surface area contributed by atoms with Crippen molar-refractivity contribution in [3.8, 4) is 0 Å². The molecule has 0 saturated heterocycles. The third-order valence-electron chi connectivity index (χ3n) is 2.99. The third kappa shape index (κ3) is 4.77. The third-order valence-corrected chi connectivity index (χ3v) is 2.99. The van der Waals surface area contributed by atoms with Crippen LogP contribution in [0, 0.1) is 17.0 Å². The van der Waals surface area contributed by atoms with E-state index in [2.05, 4.69) is 5.32 Å². The Hall–Kier alpha value is -2.97. The first-order valence-corrected chi connectivity index (χ1v) is 7.20. The Morgan fingerprint density at radius 2 is 1.71 bits per heavy atom. The van der Waals surface area contributed by atoms with Gasteiger partial charge in [-0.3, -0.25) is 14.9 Å². The molecule has 0 heterocycles. The number of non-ortho nitro benzene ring substituents is 1. The van der Waals surface area contributed by atoms with Gasteiger partial charge in [0.1, 0.15) is 0 Å². The molecule has 0 saturated carbocycles. The Morgan fingerprint density at radius 3 is 2.12 bits per heavy atom. The van der Waals surface area contributed by atoms with E-state index in [0.717, 1.165) is 6.07 Å². The maximum atomic E-state index is 12.3. The summed E-state index contributed by atoms with van der Waals surface area (Å²) in [5, 5.41) is 13.0. The molecule has 0 fully saturated rings. The van der Waals surface area contributed by atoms with E-state index < -0.39 is 28.8 Å². The van der Waals surface area contributed by atoms with Crippen LogP contribution in [0.1, 0.15) is 29.8 Å². The molecule has 24 heavy (non-hydrogen) atoms. The van der Waals surface area contributed by atoms with Crippen molar-refractivity contribution in [1.29, 1.82) is 0 Å². The average Bonchev–Trinajstić information content (AvgIpc) is 2.52. The van der Waals surface area contributed by atoms with Gasteiger partial charge in [-0.05, 0) is 32.4 Å². The lowest BCUT2D eigenvalue weighted by molar-refractivity contribution is -0.384. The molecular formula is C15H18N2O7. The summed E-state index contributed by atoms with van der Waals surface area (Å²) in [6.45, 7) is 4.68. The predicted molar refractivity (Wildman–Crippen MR) is 82.4 cm³/mol. The van der Waals surface area contributed by atoms with Gasteiger partial charge in [-0.15, -0.1) is 0 Å². The first kappa shape index (κ1) is 19.1. The molecule has 1 N–H and O–H groups in total. The van der Waals surface area contributed by atoms with Crippen molar-refractivity contribution in [3.63, 3.8) is 0 Å². The molecule has 0 radical (unpaired) electrons. The molecule has 1 aromatic rings. The second-order valence-electron chi connectivity index (χ2n) is 4.67. The summed E-state index contributed by atoms with van der Waals surface area (Å²) in [6, 6.07) is 2.02. The second-order valence-corrected chi connectivity index (χ2v) is 4.67. The number of rotatable bonds is 7. The number of esters is 2. The van der Waals surface area contributed by atoms with E-state index in [1.807, 2.05) is 0 Å². The average molecular weight is 338 g/mol. The van der Waals surface area contributed by atoms with Gasteiger partial charge in [0.15, 0.2) is 0 Å². The van der Waals surface area contributed by atoms with Crippen LogP contribution >= 0.6 is 0 Å². The zero-order valence-electron chi connectivity index (χ0n) is 13.5. The normalized spacial score (nSPS) is 10.2. The zero-order valence-corrected chi connectivity index (χ0v) is 13.5. The number of nitro groups is 1. The van der Waals surface area contributed by atoms with Crippen molar-refractivity contribution in [2.24, 2.45) is 0 Å². The van der Waals surface area contributed by atoms with E-state index >= 15 is 0 Å². The molecule has 0 aliphatic heterocycles. The minimum absolute atomic E-state index is 0.0289. The number of nitro benzene ring substituents is 1. The van der Waals surface area contributed by atoms with Gasteiger partial charge in [-0.1, -0.05) is 0 Å². The standard InChI is InChI=1S/C15H18N2O7/c1-4-23-14(19)12(15(20)24-5-2)16-13(18)11-7-6-10(17(21)22)8-9(11)3/h6-8,12H,4-5H2,1-3H3,(H,16,18). The van der Waals surface area contributed by atoms with Crippen LogP contribution in [0.4, 0.5) is 5.69 Å². The molecule has 1 aromatic carbocycles. The van der Waals surface area contributed by atoms with Crippen LogP contribution in [0.3, 0.4) is 0 Å². The summed E-state index contributed by atoms with van der Waals surface area (Å²) in [7, 11) is 0. The Kier molecular flexibility index (Phi) is 6.84. The van der Waals surface area contributed by atoms with Crippen LogP contribution in [0.2, 0.25) is 0 Å². The van der Waals surface area contributed by atoms with Crippen LogP contribution in [0.15, 0.2) is 18.2 Å². The van der Waals surface area contributed by atoms with Gasteiger partial charge in [0.2, 0.25) is 6.04 Å². The first-order chi connectivity index (χ1) is 11.3. The number of hydrogen-bond donors (Lipinski definition) is 1. The van der Waals surface area contributed by atoms with E-state index in [1.165, 1.54) is 19.1 Å². The summed E-state index contributed by atoms with van der Waals surface area (Å²) in [4.78, 5) is 46.1. The van der Waals surface area contributed by atoms with Crippen LogP contribution in [0.25, 0.3) is 0 Å². The molecule has 0 aliphatic rings. The molecule has 9 nitrogen and oxygen atoms in total. The van der Waals surface area contributed by atoms with Gasteiger partial charge >= 0.3 is 11.9 Å². The minimum atomic E-state index is -1.60. The highest BCUT2D eigenvalue weighted by Crippen LogP contribution is 2.17. The molecular weight excluding hydrogens is 320 g/mol. The lowest BCUT2D eigenvalue weighted by Crippen LogP contribution is -2.48. The lowest BCUT2D eigenvalue weighted by Gasteiger charge is -2.16. The fourth-order valence-electron chi connectivity index (χ4n) is 1.89. The van der Waals surface area contributed by atoms with Crippen LogP contribution < -0.4 is 5.32 Å². The van der Waals surface area contributed by atoms with Gasteiger partial charge in [-0.25, -0.2) is 9.59 Å². The van der Waals surface area contributed by atoms with Gasteiger partial charge in [-0.2, -0.15) is 0 Å². The number of ether oxygens (including phenoxy) is 2. The quantitative estimate of drug-likeness (QED) is 0.342. The fourth-order valence-corrected chi connectivity index (χ4v) is 1.89. The molecule has 0 aromatic heterocycles. The van der Waals surface area contributed by atoms with Gasteiger partial charge in [0, 0.05) is 17.7 Å². The zero-order chi connectivity index (χ0) is 18.3. The van der Waals surface area contributed by atoms with Crippen LogP contribution in [-0.2, 0) is 19.1 Å². The molecule has 0 spiro atoms. The molecule has 130 valence electrons. The number of benzene rings is 1. The maximum Gasteiger partial charge on any atom is 0.340 e. The van der Waals surface area contributed by atoms with Crippen molar-refractivity contribution in [2.75, 3.05) is 13.2 Å². The van der Waals surface area contributed by atoms with E-state index in [9.17, 15) is 24.5 Å². The number of carbonyl (C=O) groups is 3. The number of hydrogen-bond acceptors (Lipinski definition) is 7. The van der Waals surface area contributed by atoms with Crippen molar-refractivity contribution in [3.05, 3.63) is 39.4 Å². The number of aryl methyl sites for hydroxylation is 1. The highest BCUT2D eigenvalue weighted by atomic mass is 16.6. The Labute approximate surface area is 138 Å². The summed E-state index contributed by atoms with van der Waals surface area (Å²) in [5.74, 6) is -2.62. The minimum Gasteiger partial charge on any atom is -0.464 e. The summed E-state index contributed by atoms with van der Waals surface area (Å²) in [6.07, 6.45) is 0. The Morgan fingerprint density at radius 1 is 1.17 bits per heavy atom. The van der Waals surface area contributed by atoms with E-state index in [4.69, 9.17) is 9.47 Å². The first-order valence-electron chi connectivity index (χ1n) is 7.20. The van der Waals surface area contributed by atoms with Crippen molar-refractivity contribution >= 4 is 23.5 Å². The van der Waals surface area contributed by atoms with E-state index in [1.54, 1.807) is 13.8 Å². The monoisotopic (exact) mass is 338 g/mol. The van der Waals surface area contributed by atoms with Crippen LogP contribution in [-0.4, -0.2) is 42.0 Å². The highest BCUT2D eigenvalue weighted by molar-refractivity contribution is 6.06. The highest BCUT2D eigenvalue weighted by Gasteiger charge is 2.32. The second kappa shape index (κ2) is 8.61. The summed E-state index contributed by atoms with van der Waals surface area (Å²) in [5.41, 5.74) is 0.253. The summed E-state index contributed by atoms with van der Waals surface area (Å²) < 4.78 is 9.49. The molecule has 0 atom stereocenters. The predicted octanol–water partition coefficient (Wildman–Crippen LogP) is 1.13. The SMILES string of the molecule is CCOC(=O)C(NC(=O)c1ccc([N+](=O)[O-])cc1C)C(=O)OCC. The molecule has 0 aliphatic carbocycles. The molecule has 9 heteroatoms. The number of nitrogens with zero attached hydrogens (tertiary/aromatic N) is 1. The van der Waals surface area contributed by atoms with E-state index in [-0.39, 0.29) is 24.5 Å². The maximum absolute atomic E-state index is 12.3. The van der Waals surface area contributed by atoms with E-state index in [0.29, 0.717) is 5.56 Å². The van der Waals surface area contributed by atoms with Gasteiger partial charge in [0.05, 0.1) is 18.1 Å². The van der Waals surface area contributed by atoms with Gasteiger partial charge in [0.25, 0.3) is 11.6 Å². The lowest BCUT2D eigenvalue weighted by atomic mass is 10.1. The smallest absolute Gasteiger partial charge is 0.340 e. The number of nitrogens with one attached hydrogen (secondary N) is 1. The number of amides is 1. The largest absolute Gasteiger partial charge is 0.464 e.